The Morgan fingerprint density at radius 2 is 1.84 bits per heavy atom. The van der Waals surface area contributed by atoms with Gasteiger partial charge in [0.25, 0.3) is 0 Å². The molecule has 1 unspecified atom stereocenters. The number of ether oxygens (including phenoxy) is 2. The summed E-state index contributed by atoms with van der Waals surface area (Å²) in [7, 11) is 1.61. The van der Waals surface area contributed by atoms with E-state index in [2.05, 4.69) is 20.7 Å². The van der Waals surface area contributed by atoms with Gasteiger partial charge in [0.2, 0.25) is 0 Å². The van der Waals surface area contributed by atoms with Crippen molar-refractivity contribution in [1.29, 1.82) is 0 Å². The molecule has 176 valence electrons. The fourth-order valence-corrected chi connectivity index (χ4v) is 4.81. The van der Waals surface area contributed by atoms with Crippen LogP contribution in [0.1, 0.15) is 66.0 Å². The highest BCUT2D eigenvalue weighted by atomic mass is 79.9. The van der Waals surface area contributed by atoms with E-state index in [1.54, 1.807) is 12.0 Å². The number of likely N-dealkylation sites (tertiary alicyclic amines) is 1. The van der Waals surface area contributed by atoms with Gasteiger partial charge in [-0.15, -0.1) is 4.72 Å². The average molecular weight is 538 g/mol. The van der Waals surface area contributed by atoms with Gasteiger partial charge in [-0.05, 0) is 88.4 Å². The first-order valence-electron chi connectivity index (χ1n) is 10.4. The molecule has 1 aromatic carbocycles. The molecule has 0 saturated carbocycles. The lowest BCUT2D eigenvalue weighted by Crippen LogP contribution is -2.47. The molecule has 0 aromatic heterocycles. The number of halogens is 2. The van der Waals surface area contributed by atoms with Crippen LogP contribution in [0.2, 0.25) is 5.02 Å². The SMILES string of the molecule is COc1cc(Br)c(Cl)cc1C(N[S@@+]([O-])C(C)(C)C)C1CCN(C(=O)OC(C)(C)C)CC1. The Morgan fingerprint density at radius 3 is 2.32 bits per heavy atom. The summed E-state index contributed by atoms with van der Waals surface area (Å²) in [6.07, 6.45) is 1.20. The van der Waals surface area contributed by atoms with Crippen molar-refractivity contribution >= 4 is 45.0 Å². The average Bonchev–Trinajstić information content (AvgIpc) is 2.66. The van der Waals surface area contributed by atoms with Gasteiger partial charge in [-0.25, -0.2) is 4.79 Å². The topological polar surface area (TPSA) is 73.9 Å². The molecule has 31 heavy (non-hydrogen) atoms. The Morgan fingerprint density at radius 1 is 1.26 bits per heavy atom. The summed E-state index contributed by atoms with van der Waals surface area (Å²) in [6, 6.07) is 3.46. The zero-order chi connectivity index (χ0) is 23.6. The minimum absolute atomic E-state index is 0.149. The summed E-state index contributed by atoms with van der Waals surface area (Å²) in [4.78, 5) is 14.2. The summed E-state index contributed by atoms with van der Waals surface area (Å²) < 4.78 is 27.8. The largest absolute Gasteiger partial charge is 0.598 e. The predicted octanol–water partition coefficient (Wildman–Crippen LogP) is 5.85. The van der Waals surface area contributed by atoms with Crippen molar-refractivity contribution < 1.29 is 18.8 Å². The number of carbonyl (C=O) groups excluding carboxylic acids is 1. The van der Waals surface area contributed by atoms with Crippen molar-refractivity contribution in [3.8, 4) is 5.75 Å². The Kier molecular flexibility index (Phi) is 9.01. The third kappa shape index (κ3) is 7.42. The van der Waals surface area contributed by atoms with E-state index in [-0.39, 0.29) is 18.1 Å². The van der Waals surface area contributed by atoms with Crippen LogP contribution in [0.5, 0.6) is 5.75 Å². The molecule has 1 aliphatic heterocycles. The van der Waals surface area contributed by atoms with Crippen molar-refractivity contribution in [2.75, 3.05) is 20.2 Å². The second kappa shape index (κ2) is 10.5. The molecule has 0 radical (unpaired) electrons. The lowest BCUT2D eigenvalue weighted by atomic mass is 9.85. The minimum Gasteiger partial charge on any atom is -0.598 e. The number of amides is 1. The van der Waals surface area contributed by atoms with Crippen LogP contribution in [0.25, 0.3) is 0 Å². The molecule has 2 rings (SSSR count). The fourth-order valence-electron chi connectivity index (χ4n) is 3.41. The molecule has 1 heterocycles. The predicted molar refractivity (Wildman–Crippen MR) is 130 cm³/mol. The lowest BCUT2D eigenvalue weighted by Gasteiger charge is -2.38. The van der Waals surface area contributed by atoms with Crippen molar-refractivity contribution in [1.82, 2.24) is 9.62 Å². The first-order valence-corrected chi connectivity index (χ1v) is 12.7. The molecule has 1 aromatic rings. The monoisotopic (exact) mass is 536 g/mol. The van der Waals surface area contributed by atoms with Crippen molar-refractivity contribution in [3.63, 3.8) is 0 Å². The van der Waals surface area contributed by atoms with Crippen LogP contribution in [0.4, 0.5) is 4.79 Å². The van der Waals surface area contributed by atoms with Gasteiger partial charge < -0.3 is 18.9 Å². The molecule has 1 fully saturated rings. The second-order valence-electron chi connectivity index (χ2n) is 9.79. The number of hydrogen-bond donors (Lipinski definition) is 1. The molecule has 1 amide bonds. The molecule has 1 saturated heterocycles. The van der Waals surface area contributed by atoms with E-state index in [0.717, 1.165) is 22.9 Å². The third-order valence-corrected chi connectivity index (χ3v) is 7.84. The number of nitrogens with one attached hydrogen (secondary N) is 1. The standard InChI is InChI=1S/C22H34BrClN2O4S/c1-21(2,3)30-20(27)26-10-8-14(9-11-26)19(25-31(28)22(4,5)6)15-12-17(24)16(23)13-18(15)29-7/h12-14,19,25H,8-11H2,1-7H3/t19?,31-/m0/s1. The van der Waals surface area contributed by atoms with Gasteiger partial charge in [-0.3, -0.25) is 0 Å². The molecule has 6 nitrogen and oxygen atoms in total. The Bertz CT molecular complexity index is 774. The summed E-state index contributed by atoms with van der Waals surface area (Å²) >= 11 is 8.56. The molecule has 1 N–H and O–H groups in total. The number of rotatable bonds is 5. The Labute approximate surface area is 202 Å². The van der Waals surface area contributed by atoms with E-state index >= 15 is 0 Å². The second-order valence-corrected chi connectivity index (χ2v) is 13.0. The summed E-state index contributed by atoms with van der Waals surface area (Å²) in [6.45, 7) is 12.5. The van der Waals surface area contributed by atoms with Gasteiger partial charge in [0.15, 0.2) is 0 Å². The van der Waals surface area contributed by atoms with Crippen LogP contribution in [0.3, 0.4) is 0 Å². The smallest absolute Gasteiger partial charge is 0.410 e. The summed E-state index contributed by atoms with van der Waals surface area (Å²) in [5, 5.41) is 0.565. The number of nitrogens with zero attached hydrogens (tertiary/aromatic N) is 1. The molecule has 9 heteroatoms. The van der Waals surface area contributed by atoms with E-state index in [0.29, 0.717) is 23.9 Å². The van der Waals surface area contributed by atoms with Crippen LogP contribution >= 0.6 is 27.5 Å². The number of carbonyl (C=O) groups is 1. The number of piperidine rings is 1. The highest BCUT2D eigenvalue weighted by Crippen LogP contribution is 2.40. The number of hydrogen-bond acceptors (Lipinski definition) is 5. The maximum atomic E-state index is 13.0. The van der Waals surface area contributed by atoms with Gasteiger partial charge in [0.1, 0.15) is 16.1 Å². The summed E-state index contributed by atoms with van der Waals surface area (Å²) in [5.74, 6) is 0.824. The van der Waals surface area contributed by atoms with Crippen LogP contribution in [-0.4, -0.2) is 46.1 Å². The van der Waals surface area contributed by atoms with E-state index < -0.39 is 21.7 Å². The molecule has 0 bridgehead atoms. The van der Waals surface area contributed by atoms with Gasteiger partial charge in [0, 0.05) is 34.5 Å². The van der Waals surface area contributed by atoms with Crippen LogP contribution in [-0.2, 0) is 16.1 Å². The van der Waals surface area contributed by atoms with Crippen LogP contribution in [0.15, 0.2) is 16.6 Å². The molecule has 0 aliphatic carbocycles. The van der Waals surface area contributed by atoms with E-state index in [4.69, 9.17) is 21.1 Å². The summed E-state index contributed by atoms with van der Waals surface area (Å²) in [5.41, 5.74) is 0.340. The van der Waals surface area contributed by atoms with E-state index in [9.17, 15) is 9.35 Å². The lowest BCUT2D eigenvalue weighted by molar-refractivity contribution is 0.0171. The van der Waals surface area contributed by atoms with Crippen LogP contribution < -0.4 is 9.46 Å². The zero-order valence-corrected chi connectivity index (χ0v) is 22.5. The Hall–Kier alpha value is -0.670. The molecular formula is C22H34BrClN2O4S. The van der Waals surface area contributed by atoms with E-state index in [1.165, 1.54) is 0 Å². The highest BCUT2D eigenvalue weighted by molar-refractivity contribution is 9.10. The first-order chi connectivity index (χ1) is 14.2. The Balaban J connectivity index is 2.27. The molecule has 1 aliphatic rings. The van der Waals surface area contributed by atoms with Gasteiger partial charge >= 0.3 is 6.09 Å². The van der Waals surface area contributed by atoms with E-state index in [1.807, 2.05) is 53.7 Å². The molecular weight excluding hydrogens is 504 g/mol. The first kappa shape index (κ1) is 26.6. The zero-order valence-electron chi connectivity index (χ0n) is 19.4. The highest BCUT2D eigenvalue weighted by Gasteiger charge is 2.38. The van der Waals surface area contributed by atoms with Gasteiger partial charge in [0.05, 0.1) is 18.2 Å². The number of methoxy groups -OCH3 is 1. The fraction of sp³-hybridized carbons (Fsp3) is 0.682. The quantitative estimate of drug-likeness (QED) is 0.477. The number of benzene rings is 1. The molecule has 0 spiro atoms. The van der Waals surface area contributed by atoms with Crippen LogP contribution in [0, 0.1) is 5.92 Å². The van der Waals surface area contributed by atoms with Crippen molar-refractivity contribution in [2.24, 2.45) is 5.92 Å². The minimum atomic E-state index is -1.29. The normalized spacial score (nSPS) is 17.9. The van der Waals surface area contributed by atoms with Crippen molar-refractivity contribution in [2.45, 2.75) is 70.8 Å². The third-order valence-electron chi connectivity index (χ3n) is 5.06. The maximum Gasteiger partial charge on any atom is 0.410 e. The van der Waals surface area contributed by atoms with Crippen molar-refractivity contribution in [3.05, 3.63) is 27.2 Å². The van der Waals surface area contributed by atoms with Gasteiger partial charge in [-0.2, -0.15) is 0 Å². The maximum absolute atomic E-state index is 13.0. The molecule has 2 atom stereocenters. The van der Waals surface area contributed by atoms with Gasteiger partial charge in [-0.1, -0.05) is 11.6 Å².